The predicted molar refractivity (Wildman–Crippen MR) is 59.1 cm³/mol. The molecule has 0 amide bonds. The van der Waals surface area contributed by atoms with Crippen LogP contribution in [0.5, 0.6) is 0 Å². The summed E-state index contributed by atoms with van der Waals surface area (Å²) in [7, 11) is 0. The molecule has 0 N–H and O–H groups in total. The number of Topliss-reactive ketones (excluding diaryl/α,β-unsaturated/α-hetero) is 1. The maximum Gasteiger partial charge on any atom is 0.165 e. The summed E-state index contributed by atoms with van der Waals surface area (Å²) in [6.07, 6.45) is 2.13. The first-order valence-electron chi connectivity index (χ1n) is 5.14. The number of halogens is 1. The second kappa shape index (κ2) is 4.77. The van der Waals surface area contributed by atoms with Crippen LogP contribution in [-0.2, 0) is 16.0 Å². The molecule has 1 unspecified atom stereocenters. The van der Waals surface area contributed by atoms with E-state index < -0.39 is 0 Å². The number of rotatable bonds is 3. The molecule has 1 aromatic rings. The summed E-state index contributed by atoms with van der Waals surface area (Å²) < 4.78 is 5.34. The number of ketones is 1. The third-order valence-corrected chi connectivity index (χ3v) is 2.83. The van der Waals surface area contributed by atoms with Gasteiger partial charge in [-0.3, -0.25) is 4.79 Å². The Hall–Kier alpha value is -0.860. The van der Waals surface area contributed by atoms with E-state index in [9.17, 15) is 4.79 Å². The molecular weight excluding hydrogens is 212 g/mol. The van der Waals surface area contributed by atoms with Crippen LogP contribution in [-0.4, -0.2) is 18.5 Å². The van der Waals surface area contributed by atoms with Crippen molar-refractivity contribution in [2.45, 2.75) is 25.4 Å². The fraction of sp³-hybridized carbons (Fsp3) is 0.417. The summed E-state index contributed by atoms with van der Waals surface area (Å²) in [6, 6.07) is 7.38. The first-order valence-corrected chi connectivity index (χ1v) is 5.52. The van der Waals surface area contributed by atoms with E-state index >= 15 is 0 Å². The van der Waals surface area contributed by atoms with Gasteiger partial charge in [0.05, 0.1) is 0 Å². The van der Waals surface area contributed by atoms with Crippen molar-refractivity contribution < 1.29 is 9.53 Å². The fourth-order valence-corrected chi connectivity index (χ4v) is 1.87. The highest BCUT2D eigenvalue weighted by Gasteiger charge is 2.23. The Labute approximate surface area is 94.2 Å². The molecular formula is C12H13ClO2. The van der Waals surface area contributed by atoms with Crippen molar-refractivity contribution in [2.75, 3.05) is 6.61 Å². The Morgan fingerprint density at radius 1 is 1.40 bits per heavy atom. The van der Waals surface area contributed by atoms with Gasteiger partial charge in [0.15, 0.2) is 5.78 Å². The highest BCUT2D eigenvalue weighted by molar-refractivity contribution is 6.30. The first kappa shape index (κ1) is 10.7. The molecule has 1 aliphatic heterocycles. The fourth-order valence-electron chi connectivity index (χ4n) is 1.75. The highest BCUT2D eigenvalue weighted by Crippen LogP contribution is 2.16. The smallest absolute Gasteiger partial charge is 0.165 e. The van der Waals surface area contributed by atoms with Gasteiger partial charge in [0, 0.05) is 18.1 Å². The van der Waals surface area contributed by atoms with Crippen LogP contribution < -0.4 is 0 Å². The van der Waals surface area contributed by atoms with Crippen molar-refractivity contribution >= 4 is 17.4 Å². The number of benzene rings is 1. The van der Waals surface area contributed by atoms with Crippen LogP contribution in [0.2, 0.25) is 5.02 Å². The molecule has 1 aromatic carbocycles. The largest absolute Gasteiger partial charge is 0.370 e. The summed E-state index contributed by atoms with van der Waals surface area (Å²) in [5, 5.41) is 0.698. The summed E-state index contributed by atoms with van der Waals surface area (Å²) in [5.74, 6) is 0.176. The molecule has 1 saturated heterocycles. The number of hydrogen-bond donors (Lipinski definition) is 0. The zero-order valence-corrected chi connectivity index (χ0v) is 9.17. The molecule has 0 aromatic heterocycles. The third-order valence-electron chi connectivity index (χ3n) is 2.58. The van der Waals surface area contributed by atoms with Crippen LogP contribution in [0.3, 0.4) is 0 Å². The third kappa shape index (κ3) is 2.80. The minimum absolute atomic E-state index is 0.176. The minimum atomic E-state index is -0.180. The second-order valence-electron chi connectivity index (χ2n) is 3.77. The van der Waals surface area contributed by atoms with Gasteiger partial charge in [0.1, 0.15) is 6.10 Å². The summed E-state index contributed by atoms with van der Waals surface area (Å²) >= 11 is 5.77. The molecule has 1 heterocycles. The molecule has 0 radical (unpaired) electrons. The van der Waals surface area contributed by atoms with Gasteiger partial charge in [-0.15, -0.1) is 0 Å². The molecule has 0 spiro atoms. The molecule has 2 rings (SSSR count). The molecule has 0 aliphatic carbocycles. The van der Waals surface area contributed by atoms with Gasteiger partial charge in [-0.05, 0) is 30.5 Å². The number of hydrogen-bond acceptors (Lipinski definition) is 2. The maximum absolute atomic E-state index is 11.7. The van der Waals surface area contributed by atoms with E-state index in [1.807, 2.05) is 12.1 Å². The number of ether oxygens (including phenoxy) is 1. The molecule has 0 bridgehead atoms. The summed E-state index contributed by atoms with van der Waals surface area (Å²) in [5.41, 5.74) is 1.000. The Balaban J connectivity index is 1.96. The van der Waals surface area contributed by atoms with Crippen molar-refractivity contribution in [3.05, 3.63) is 34.9 Å². The Kier molecular flexibility index (Phi) is 3.39. The van der Waals surface area contributed by atoms with E-state index in [1.165, 1.54) is 0 Å². The van der Waals surface area contributed by atoms with Crippen molar-refractivity contribution in [1.29, 1.82) is 0 Å². The van der Waals surface area contributed by atoms with Crippen LogP contribution in [0.1, 0.15) is 18.4 Å². The van der Waals surface area contributed by atoms with Gasteiger partial charge in [0.2, 0.25) is 0 Å². The summed E-state index contributed by atoms with van der Waals surface area (Å²) in [4.78, 5) is 11.7. The molecule has 1 aliphatic rings. The number of carbonyl (C=O) groups excluding carboxylic acids is 1. The zero-order valence-electron chi connectivity index (χ0n) is 8.41. The standard InChI is InChI=1S/C12H13ClO2/c13-10-5-3-9(4-6-10)8-11(14)12-2-1-7-15-12/h3-6,12H,1-2,7-8H2. The van der Waals surface area contributed by atoms with Gasteiger partial charge in [0.25, 0.3) is 0 Å². The lowest BCUT2D eigenvalue weighted by atomic mass is 10.0. The average molecular weight is 225 g/mol. The zero-order chi connectivity index (χ0) is 10.7. The van der Waals surface area contributed by atoms with Crippen molar-refractivity contribution in [3.8, 4) is 0 Å². The molecule has 15 heavy (non-hydrogen) atoms. The van der Waals surface area contributed by atoms with Gasteiger partial charge in [-0.1, -0.05) is 23.7 Å². The van der Waals surface area contributed by atoms with Crippen molar-refractivity contribution in [1.82, 2.24) is 0 Å². The van der Waals surface area contributed by atoms with Crippen LogP contribution >= 0.6 is 11.6 Å². The monoisotopic (exact) mass is 224 g/mol. The van der Waals surface area contributed by atoms with Gasteiger partial charge < -0.3 is 4.74 Å². The van der Waals surface area contributed by atoms with E-state index in [0.717, 1.165) is 25.0 Å². The van der Waals surface area contributed by atoms with E-state index in [1.54, 1.807) is 12.1 Å². The molecule has 3 heteroatoms. The van der Waals surface area contributed by atoms with Crippen molar-refractivity contribution in [3.63, 3.8) is 0 Å². The Morgan fingerprint density at radius 3 is 2.73 bits per heavy atom. The van der Waals surface area contributed by atoms with Crippen molar-refractivity contribution in [2.24, 2.45) is 0 Å². The van der Waals surface area contributed by atoms with Gasteiger partial charge >= 0.3 is 0 Å². The van der Waals surface area contributed by atoms with E-state index in [-0.39, 0.29) is 11.9 Å². The lowest BCUT2D eigenvalue weighted by Gasteiger charge is -2.07. The van der Waals surface area contributed by atoms with E-state index in [2.05, 4.69) is 0 Å². The normalized spacial score (nSPS) is 20.5. The second-order valence-corrected chi connectivity index (χ2v) is 4.21. The number of carbonyl (C=O) groups is 1. The van der Waals surface area contributed by atoms with Gasteiger partial charge in [-0.25, -0.2) is 0 Å². The molecule has 1 atom stereocenters. The quantitative estimate of drug-likeness (QED) is 0.789. The lowest BCUT2D eigenvalue weighted by Crippen LogP contribution is -2.21. The molecule has 80 valence electrons. The average Bonchev–Trinajstić information content (AvgIpc) is 2.74. The SMILES string of the molecule is O=C(Cc1ccc(Cl)cc1)C1CCCO1. The molecule has 1 fully saturated rings. The summed E-state index contributed by atoms with van der Waals surface area (Å²) in [6.45, 7) is 0.719. The Bertz CT molecular complexity index is 339. The lowest BCUT2D eigenvalue weighted by molar-refractivity contribution is -0.127. The van der Waals surface area contributed by atoms with E-state index in [0.29, 0.717) is 11.4 Å². The van der Waals surface area contributed by atoms with E-state index in [4.69, 9.17) is 16.3 Å². The van der Waals surface area contributed by atoms with Crippen LogP contribution in [0.25, 0.3) is 0 Å². The topological polar surface area (TPSA) is 26.3 Å². The molecule has 0 saturated carbocycles. The molecule has 2 nitrogen and oxygen atoms in total. The van der Waals surface area contributed by atoms with Crippen LogP contribution in [0.15, 0.2) is 24.3 Å². The first-order chi connectivity index (χ1) is 7.25. The van der Waals surface area contributed by atoms with Gasteiger partial charge in [-0.2, -0.15) is 0 Å². The predicted octanol–water partition coefficient (Wildman–Crippen LogP) is 2.63. The Morgan fingerprint density at radius 2 is 2.13 bits per heavy atom. The maximum atomic E-state index is 11.7. The minimum Gasteiger partial charge on any atom is -0.370 e. The highest BCUT2D eigenvalue weighted by atomic mass is 35.5. The van der Waals surface area contributed by atoms with Crippen LogP contribution in [0.4, 0.5) is 0 Å². The van der Waals surface area contributed by atoms with Crippen LogP contribution in [0, 0.1) is 0 Å².